The number of rotatable bonds is 1. The second-order valence-corrected chi connectivity index (χ2v) is 15.9. The summed E-state index contributed by atoms with van der Waals surface area (Å²) in [6.07, 6.45) is 0. The molecule has 1 aromatic rings. The predicted octanol–water partition coefficient (Wildman–Crippen LogP) is 10.9. The maximum Gasteiger partial charge on any atom is 0.283 e. The van der Waals surface area contributed by atoms with E-state index in [1.54, 1.807) is 0 Å². The molecule has 0 saturated carbocycles. The highest BCUT2D eigenvalue weighted by atomic mass is 79.9. The second-order valence-electron chi connectivity index (χ2n) is 7.94. The van der Waals surface area contributed by atoms with Crippen LogP contribution in [-0.2, 0) is 0 Å². The Labute approximate surface area is 262 Å². The molecule has 0 spiro atoms. The van der Waals surface area contributed by atoms with Gasteiger partial charge in [-0.15, -0.1) is 0 Å². The number of alkyl halides is 8. The Kier molecular flexibility index (Phi) is 7.73. The summed E-state index contributed by atoms with van der Waals surface area (Å²) < 4.78 is -7.70. The van der Waals surface area contributed by atoms with Gasteiger partial charge in [0.05, 0.1) is 29.5 Å². The lowest BCUT2D eigenvalue weighted by atomic mass is 9.56. The van der Waals surface area contributed by atoms with Gasteiger partial charge in [-0.3, -0.25) is 10.1 Å². The summed E-state index contributed by atoms with van der Waals surface area (Å²) in [5.74, 6) is -4.41. The van der Waals surface area contributed by atoms with Gasteiger partial charge in [-0.2, -0.15) is 0 Å². The Hall–Kier alpha value is 2.06. The number of nitro groups is 1. The zero-order chi connectivity index (χ0) is 25.9. The predicted molar refractivity (Wildman–Crippen MR) is 148 cm³/mol. The monoisotopic (exact) mass is 767 g/mol. The van der Waals surface area contributed by atoms with Gasteiger partial charge < -0.3 is 0 Å². The van der Waals surface area contributed by atoms with Gasteiger partial charge in [0.2, 0.25) is 0 Å². The first kappa shape index (κ1) is 29.1. The molecule has 4 rings (SSSR count). The van der Waals surface area contributed by atoms with Crippen LogP contribution in [0.4, 0.5) is 5.69 Å². The number of nitro benzene ring substituents is 1. The quantitative estimate of drug-likeness (QED) is 0.162. The third-order valence-electron chi connectivity index (χ3n) is 6.30. The topological polar surface area (TPSA) is 43.1 Å². The highest BCUT2D eigenvalue weighted by Crippen LogP contribution is 2.75. The molecule has 0 radical (unpaired) electrons. The molecule has 3 aliphatic carbocycles. The Balaban J connectivity index is 2.21. The minimum Gasteiger partial charge on any atom is -0.258 e. The summed E-state index contributed by atoms with van der Waals surface area (Å²) in [6.45, 7) is 0. The van der Waals surface area contributed by atoms with Gasteiger partial charge in [-0.05, 0) is 33.1 Å². The van der Waals surface area contributed by atoms with E-state index in [2.05, 4.69) is 15.9 Å². The zero-order valence-electron chi connectivity index (χ0n) is 15.6. The molecule has 186 valence electrons. The van der Waals surface area contributed by atoms with E-state index in [0.29, 0.717) is 5.56 Å². The van der Waals surface area contributed by atoms with Crippen LogP contribution in [0.5, 0.6) is 0 Å². The van der Waals surface area contributed by atoms with Crippen molar-refractivity contribution in [3.8, 4) is 0 Å². The number of fused-ring (bicyclic) bond motifs is 6. The van der Waals surface area contributed by atoms with Gasteiger partial charge in [-0.1, -0.05) is 139 Å². The molecule has 0 heterocycles. The van der Waals surface area contributed by atoms with Gasteiger partial charge in [0, 0.05) is 29.7 Å². The van der Waals surface area contributed by atoms with Crippen molar-refractivity contribution < 1.29 is 4.92 Å². The van der Waals surface area contributed by atoms with Crippen LogP contribution in [0.25, 0.3) is 0 Å². The molecule has 0 aromatic heterocycles. The number of allylic oxidation sites excluding steroid dienone is 4. The fourth-order valence-corrected chi connectivity index (χ4v) is 9.73. The maximum absolute atomic E-state index is 11.7. The van der Waals surface area contributed by atoms with Crippen LogP contribution >= 0.6 is 155 Å². The molecule has 0 unspecified atom stereocenters. The molecule has 0 saturated heterocycles. The van der Waals surface area contributed by atoms with Crippen molar-refractivity contribution in [2.24, 2.45) is 11.8 Å². The van der Waals surface area contributed by atoms with E-state index in [4.69, 9.17) is 139 Å². The van der Waals surface area contributed by atoms with Crippen molar-refractivity contribution in [3.05, 3.63) is 58.0 Å². The van der Waals surface area contributed by atoms with Crippen LogP contribution in [0, 0.1) is 22.0 Å². The van der Waals surface area contributed by atoms with E-state index in [1.165, 1.54) is 12.1 Å². The molecule has 0 N–H and O–H groups in total. The fraction of sp³-hybridized carbons (Fsp3) is 0.444. The Morgan fingerprint density at radius 2 is 1.00 bits per heavy atom. The summed E-state index contributed by atoms with van der Waals surface area (Å²) in [7, 11) is 0. The minimum absolute atomic E-state index is 0.109. The molecule has 3 aliphatic rings. The van der Waals surface area contributed by atoms with Gasteiger partial charge in [-0.25, -0.2) is 0 Å². The van der Waals surface area contributed by atoms with Crippen molar-refractivity contribution >= 4 is 161 Å². The normalized spacial score (nSPS) is 32.6. The molecule has 4 atom stereocenters. The Morgan fingerprint density at radius 1 is 0.676 bits per heavy atom. The standard InChI is InChI=1S/C18H6BrCl12NO2/c19-5-1-3-4(2-6(5)32(33)34)8-10(18(30,31)14(23)12(21)16(8,26)27)9-7(3)15(24,25)11(20)13(22)17(9,28)29/h1-2,7-10H/t7-,8+,9+,10-/m0/s1. The average Bonchev–Trinajstić information content (AvgIpc) is 2.72. The van der Waals surface area contributed by atoms with Crippen LogP contribution in [0.15, 0.2) is 36.7 Å². The molecule has 0 bridgehead atoms. The molecule has 3 nitrogen and oxygen atoms in total. The largest absolute Gasteiger partial charge is 0.283 e. The van der Waals surface area contributed by atoms with Crippen molar-refractivity contribution in [3.63, 3.8) is 0 Å². The van der Waals surface area contributed by atoms with Crippen molar-refractivity contribution in [2.75, 3.05) is 0 Å². The summed E-state index contributed by atoms with van der Waals surface area (Å²) in [6, 6.07) is 2.69. The van der Waals surface area contributed by atoms with Crippen molar-refractivity contribution in [1.82, 2.24) is 0 Å². The molecule has 34 heavy (non-hydrogen) atoms. The van der Waals surface area contributed by atoms with E-state index in [9.17, 15) is 10.1 Å². The van der Waals surface area contributed by atoms with E-state index >= 15 is 0 Å². The van der Waals surface area contributed by atoms with E-state index in [0.717, 1.165) is 0 Å². The molecular formula is C18H6BrCl12NO2. The van der Waals surface area contributed by atoms with E-state index < -0.39 is 45.9 Å². The van der Waals surface area contributed by atoms with Gasteiger partial charge in [0.1, 0.15) is 0 Å². The van der Waals surface area contributed by atoms with Gasteiger partial charge in [0.25, 0.3) is 5.69 Å². The van der Waals surface area contributed by atoms with Crippen LogP contribution in [0.2, 0.25) is 0 Å². The number of nitrogens with zero attached hydrogens (tertiary/aromatic N) is 1. The lowest BCUT2D eigenvalue weighted by molar-refractivity contribution is -0.385. The highest BCUT2D eigenvalue weighted by Gasteiger charge is 2.72. The molecule has 1 aromatic carbocycles. The molecule has 0 aliphatic heterocycles. The third-order valence-corrected chi connectivity index (χ3v) is 13.3. The Bertz CT molecular complexity index is 1190. The smallest absolute Gasteiger partial charge is 0.258 e. The summed E-state index contributed by atoms with van der Waals surface area (Å²) in [5.41, 5.74) is 0.273. The maximum atomic E-state index is 11.7. The first-order chi connectivity index (χ1) is 15.3. The van der Waals surface area contributed by atoms with E-state index in [-0.39, 0.29) is 35.9 Å². The average molecular weight is 774 g/mol. The first-order valence-electron chi connectivity index (χ1n) is 8.93. The number of benzene rings is 1. The van der Waals surface area contributed by atoms with Gasteiger partial charge >= 0.3 is 0 Å². The van der Waals surface area contributed by atoms with Crippen molar-refractivity contribution in [2.45, 2.75) is 29.2 Å². The molecule has 16 heteroatoms. The van der Waals surface area contributed by atoms with Crippen LogP contribution in [0.3, 0.4) is 0 Å². The lowest BCUT2D eigenvalue weighted by Crippen LogP contribution is -2.60. The summed E-state index contributed by atoms with van der Waals surface area (Å²) in [5, 5.41) is 10.7. The summed E-state index contributed by atoms with van der Waals surface area (Å²) in [4.78, 5) is 11.1. The fourth-order valence-electron chi connectivity index (χ4n) is 4.94. The first-order valence-corrected chi connectivity index (χ1v) is 14.3. The number of hydrogen-bond donors (Lipinski definition) is 0. The lowest BCUT2D eigenvalue weighted by Gasteiger charge is -2.60. The van der Waals surface area contributed by atoms with Gasteiger partial charge in [0.15, 0.2) is 17.3 Å². The Morgan fingerprint density at radius 3 is 1.35 bits per heavy atom. The van der Waals surface area contributed by atoms with Crippen LogP contribution in [-0.4, -0.2) is 22.3 Å². The summed E-state index contributed by atoms with van der Waals surface area (Å²) >= 11 is 83.1. The van der Waals surface area contributed by atoms with E-state index in [1.807, 2.05) is 0 Å². The molecular weight excluding hydrogens is 768 g/mol. The number of hydrogen-bond acceptors (Lipinski definition) is 2. The second kappa shape index (κ2) is 9.04. The third kappa shape index (κ3) is 3.87. The van der Waals surface area contributed by atoms with Crippen LogP contribution < -0.4 is 0 Å². The minimum atomic E-state index is -1.99. The highest BCUT2D eigenvalue weighted by molar-refractivity contribution is 9.10. The number of halogens is 13. The van der Waals surface area contributed by atoms with Crippen molar-refractivity contribution in [1.29, 1.82) is 0 Å². The zero-order valence-corrected chi connectivity index (χ0v) is 26.3. The molecule has 0 amide bonds. The van der Waals surface area contributed by atoms with Crippen LogP contribution in [0.1, 0.15) is 23.0 Å². The molecule has 0 fully saturated rings. The SMILES string of the molecule is O=[N+]([O-])c1cc2c(cc1Br)[C@H]1[C@H]([C@@H]3[C@@H]2C(Cl)(Cl)C(Cl)=C(Cl)C3(Cl)Cl)C(Cl)(Cl)C(Cl)=C(Cl)C1(Cl)Cl.